The van der Waals surface area contributed by atoms with E-state index in [9.17, 15) is 29.6 Å². The van der Waals surface area contributed by atoms with Gasteiger partial charge < -0.3 is 20.0 Å². The van der Waals surface area contributed by atoms with E-state index in [0.717, 1.165) is 34.4 Å². The third kappa shape index (κ3) is 3.95. The molecule has 2 aromatic rings. The highest BCUT2D eigenvalue weighted by molar-refractivity contribution is 7.16. The predicted octanol–water partition coefficient (Wildman–Crippen LogP) is 2.07. The summed E-state index contributed by atoms with van der Waals surface area (Å²) >= 11 is 1.08. The molecule has 0 saturated carbocycles. The highest BCUT2D eigenvalue weighted by Gasteiger charge is 2.28. The van der Waals surface area contributed by atoms with Gasteiger partial charge >= 0.3 is 5.97 Å². The summed E-state index contributed by atoms with van der Waals surface area (Å²) in [7, 11) is 0. The van der Waals surface area contributed by atoms with Crippen molar-refractivity contribution in [1.29, 1.82) is 0 Å². The van der Waals surface area contributed by atoms with Crippen LogP contribution in [0, 0.1) is 24.0 Å². The van der Waals surface area contributed by atoms with E-state index in [1.54, 1.807) is 20.8 Å². The Morgan fingerprint density at radius 1 is 1.22 bits per heavy atom. The van der Waals surface area contributed by atoms with Crippen molar-refractivity contribution in [2.24, 2.45) is 0 Å². The molecule has 9 nitrogen and oxygen atoms in total. The molecule has 0 unspecified atom stereocenters. The Labute approximate surface area is 157 Å². The van der Waals surface area contributed by atoms with E-state index in [1.807, 2.05) is 0 Å². The van der Waals surface area contributed by atoms with Crippen LogP contribution >= 0.6 is 11.3 Å². The highest BCUT2D eigenvalue weighted by Crippen LogP contribution is 2.34. The highest BCUT2D eigenvalue weighted by atomic mass is 32.1. The molecule has 1 heterocycles. The Kier molecular flexibility index (Phi) is 5.91. The number of amides is 1. The lowest BCUT2D eigenvalue weighted by Gasteiger charge is -2.11. The van der Waals surface area contributed by atoms with Crippen LogP contribution < -0.4 is 10.4 Å². The molecule has 1 aromatic heterocycles. The maximum absolute atomic E-state index is 12.7. The van der Waals surface area contributed by atoms with Crippen LogP contribution in [0.1, 0.15) is 48.4 Å². The van der Waals surface area contributed by atoms with Crippen molar-refractivity contribution in [1.82, 2.24) is 0 Å². The number of hydrogen-bond acceptors (Lipinski definition) is 8. The van der Waals surface area contributed by atoms with Crippen molar-refractivity contribution in [3.05, 3.63) is 55.4 Å². The molecule has 0 bridgehead atoms. The molecule has 0 aliphatic heterocycles. The summed E-state index contributed by atoms with van der Waals surface area (Å²) in [6, 6.07) is 3.19. The van der Waals surface area contributed by atoms with Gasteiger partial charge in [-0.3, -0.25) is 14.9 Å². The number of hydrogen-bond donors (Lipinski definition) is 1. The first-order valence-electron chi connectivity index (χ1n) is 7.76. The lowest BCUT2D eigenvalue weighted by atomic mass is 10.0. The normalized spacial score (nSPS) is 10.3. The third-order valence-corrected chi connectivity index (χ3v) is 4.90. The van der Waals surface area contributed by atoms with E-state index in [1.165, 1.54) is 0 Å². The van der Waals surface area contributed by atoms with E-state index in [-0.39, 0.29) is 17.2 Å². The van der Waals surface area contributed by atoms with Crippen molar-refractivity contribution in [3.63, 3.8) is 0 Å². The fourth-order valence-electron chi connectivity index (χ4n) is 2.43. The van der Waals surface area contributed by atoms with Gasteiger partial charge in [0, 0.05) is 16.5 Å². The summed E-state index contributed by atoms with van der Waals surface area (Å²) in [5.74, 6) is -3.42. The molecule has 27 heavy (non-hydrogen) atoms. The maximum atomic E-state index is 12.7. The molecule has 0 saturated heterocycles. The zero-order valence-corrected chi connectivity index (χ0v) is 15.5. The van der Waals surface area contributed by atoms with E-state index in [2.05, 4.69) is 5.32 Å². The summed E-state index contributed by atoms with van der Waals surface area (Å²) in [6.45, 7) is 5.16. The standard InChI is InChI=1S/C17H16N2O7S/c1-4-26-17(23)12-8(2)9(3)27-15(12)18-14(20)13-10(16(21)22)6-5-7-11(13)19(24)25/h5-7H,4H2,1-3H3,(H,18,20)(H,21,22)/p-1. The average molecular weight is 391 g/mol. The topological polar surface area (TPSA) is 139 Å². The maximum Gasteiger partial charge on any atom is 0.341 e. The number of aromatic carboxylic acids is 1. The first kappa shape index (κ1) is 20.0. The minimum absolute atomic E-state index is 0.121. The number of esters is 1. The Bertz CT molecular complexity index is 917. The van der Waals surface area contributed by atoms with E-state index < -0.39 is 39.6 Å². The summed E-state index contributed by atoms with van der Waals surface area (Å²) in [4.78, 5) is 47.2. The van der Waals surface area contributed by atoms with Gasteiger partial charge in [-0.25, -0.2) is 4.79 Å². The molecule has 0 atom stereocenters. The smallest absolute Gasteiger partial charge is 0.341 e. The van der Waals surface area contributed by atoms with Gasteiger partial charge in [0.1, 0.15) is 10.6 Å². The molecule has 1 aromatic carbocycles. The number of anilines is 1. The molecule has 1 N–H and O–H groups in total. The van der Waals surface area contributed by atoms with Gasteiger partial charge in [-0.05, 0) is 26.3 Å². The van der Waals surface area contributed by atoms with Crippen molar-refractivity contribution in [2.45, 2.75) is 20.8 Å². The minimum Gasteiger partial charge on any atom is -0.545 e. The number of benzene rings is 1. The van der Waals surface area contributed by atoms with Crippen molar-refractivity contribution in [3.8, 4) is 0 Å². The molecular weight excluding hydrogens is 376 g/mol. The summed E-state index contributed by atoms with van der Waals surface area (Å²) in [5.41, 5.74) is -1.24. The fraction of sp³-hybridized carbons (Fsp3) is 0.235. The van der Waals surface area contributed by atoms with Crippen LogP contribution in [-0.4, -0.2) is 29.4 Å². The number of aryl methyl sites for hydroxylation is 1. The zero-order valence-electron chi connectivity index (χ0n) is 14.7. The number of rotatable bonds is 6. The number of carbonyl (C=O) groups is 3. The van der Waals surface area contributed by atoms with Crippen LogP contribution in [0.25, 0.3) is 0 Å². The third-order valence-electron chi connectivity index (χ3n) is 3.78. The van der Waals surface area contributed by atoms with Crippen LogP contribution in [0.4, 0.5) is 10.7 Å². The van der Waals surface area contributed by atoms with Crippen LogP contribution in [0.15, 0.2) is 18.2 Å². The number of carboxylic acids is 1. The molecule has 142 valence electrons. The van der Waals surface area contributed by atoms with E-state index >= 15 is 0 Å². The van der Waals surface area contributed by atoms with Crippen LogP contribution in [0.3, 0.4) is 0 Å². The predicted molar refractivity (Wildman–Crippen MR) is 95.1 cm³/mol. The van der Waals surface area contributed by atoms with Gasteiger partial charge in [0.2, 0.25) is 0 Å². The number of thiophene rings is 1. The molecule has 0 fully saturated rings. The van der Waals surface area contributed by atoms with Gasteiger partial charge in [0.15, 0.2) is 0 Å². The van der Waals surface area contributed by atoms with E-state index in [0.29, 0.717) is 5.56 Å². The minimum atomic E-state index is -1.73. The lowest BCUT2D eigenvalue weighted by molar-refractivity contribution is -0.385. The summed E-state index contributed by atoms with van der Waals surface area (Å²) in [5, 5.41) is 25.0. The number of nitro groups is 1. The molecule has 0 aliphatic carbocycles. The second-order valence-electron chi connectivity index (χ2n) is 5.41. The Balaban J connectivity index is 2.54. The Morgan fingerprint density at radius 3 is 2.44 bits per heavy atom. The van der Waals surface area contributed by atoms with Gasteiger partial charge in [0.05, 0.1) is 23.1 Å². The molecule has 0 spiro atoms. The second-order valence-corrected chi connectivity index (χ2v) is 6.63. The Hall–Kier alpha value is -3.27. The number of ether oxygens (including phenoxy) is 1. The zero-order chi connectivity index (χ0) is 20.3. The largest absolute Gasteiger partial charge is 0.545 e. The van der Waals surface area contributed by atoms with Crippen LogP contribution in [0.2, 0.25) is 0 Å². The lowest BCUT2D eigenvalue weighted by Crippen LogP contribution is -2.27. The molecule has 0 aliphatic rings. The van der Waals surface area contributed by atoms with Crippen LogP contribution in [0.5, 0.6) is 0 Å². The molecule has 1 amide bonds. The fourth-order valence-corrected chi connectivity index (χ4v) is 3.47. The first-order chi connectivity index (χ1) is 12.7. The number of nitrogens with zero attached hydrogens (tertiary/aromatic N) is 1. The molecule has 0 radical (unpaired) electrons. The monoisotopic (exact) mass is 391 g/mol. The first-order valence-corrected chi connectivity index (χ1v) is 8.57. The van der Waals surface area contributed by atoms with Gasteiger partial charge in [-0.1, -0.05) is 12.1 Å². The van der Waals surface area contributed by atoms with Gasteiger partial charge in [0.25, 0.3) is 11.6 Å². The van der Waals surface area contributed by atoms with Crippen LogP contribution in [-0.2, 0) is 4.74 Å². The molecule has 2 rings (SSSR count). The number of carboxylic acid groups (broad SMARTS) is 1. The quantitative estimate of drug-likeness (QED) is 0.452. The SMILES string of the molecule is CCOC(=O)c1c(NC(=O)c2c(C(=O)[O-])cccc2[N+](=O)[O-])sc(C)c1C. The van der Waals surface area contributed by atoms with Crippen molar-refractivity contribution in [2.75, 3.05) is 11.9 Å². The second kappa shape index (κ2) is 7.96. The average Bonchev–Trinajstić information content (AvgIpc) is 2.88. The number of nitro benzene ring substituents is 1. The van der Waals surface area contributed by atoms with E-state index in [4.69, 9.17) is 4.74 Å². The number of nitrogens with one attached hydrogen (secondary N) is 1. The summed E-state index contributed by atoms with van der Waals surface area (Å²) < 4.78 is 4.98. The van der Waals surface area contributed by atoms with Crippen molar-refractivity contribution < 1.29 is 29.2 Å². The van der Waals surface area contributed by atoms with Gasteiger partial charge in [-0.2, -0.15) is 0 Å². The molecule has 10 heteroatoms. The molecular formula is C17H15N2O7S-. The van der Waals surface area contributed by atoms with Crippen molar-refractivity contribution >= 4 is 39.9 Å². The van der Waals surface area contributed by atoms with Gasteiger partial charge in [-0.15, -0.1) is 11.3 Å². The summed E-state index contributed by atoms with van der Waals surface area (Å²) in [6.07, 6.45) is 0. The Morgan fingerprint density at radius 2 is 1.89 bits per heavy atom. The number of carbonyl (C=O) groups excluding carboxylic acids is 3.